The van der Waals surface area contributed by atoms with E-state index in [1.54, 1.807) is 28.8 Å². The van der Waals surface area contributed by atoms with Gasteiger partial charge in [-0.15, -0.1) is 0 Å². The van der Waals surface area contributed by atoms with Gasteiger partial charge >= 0.3 is 0 Å². The second-order valence-electron chi connectivity index (χ2n) is 7.80. The lowest BCUT2D eigenvalue weighted by Gasteiger charge is -2.29. The zero-order valence-electron chi connectivity index (χ0n) is 17.3. The summed E-state index contributed by atoms with van der Waals surface area (Å²) in [5.74, 6) is -0.401. The van der Waals surface area contributed by atoms with E-state index in [4.69, 9.17) is 4.74 Å². The Labute approximate surface area is 188 Å². The molecule has 3 aromatic rings. The highest BCUT2D eigenvalue weighted by molar-refractivity contribution is 7.99. The number of hydrogen-bond acceptors (Lipinski definition) is 6. The number of ether oxygens (including phenoxy) is 1. The molecule has 0 bridgehead atoms. The van der Waals surface area contributed by atoms with Crippen LogP contribution in [0, 0.1) is 0 Å². The number of benzene rings is 2. The largest absolute Gasteiger partial charge is 0.376 e. The van der Waals surface area contributed by atoms with Crippen molar-refractivity contribution < 1.29 is 14.3 Å². The molecule has 9 heteroatoms. The normalized spacial score (nSPS) is 17.9. The topological polar surface area (TPSA) is 93.5 Å². The van der Waals surface area contributed by atoms with Gasteiger partial charge < -0.3 is 15.0 Å². The molecule has 2 aliphatic rings. The van der Waals surface area contributed by atoms with Crippen LogP contribution in [0.4, 0.5) is 11.4 Å². The molecule has 2 aromatic carbocycles. The van der Waals surface area contributed by atoms with E-state index < -0.39 is 0 Å². The third-order valence-corrected chi connectivity index (χ3v) is 6.59. The molecule has 0 unspecified atom stereocenters. The summed E-state index contributed by atoms with van der Waals surface area (Å²) >= 11 is 1.21. The van der Waals surface area contributed by atoms with Gasteiger partial charge in [0.1, 0.15) is 6.54 Å². The van der Waals surface area contributed by atoms with E-state index in [0.717, 1.165) is 12.8 Å². The third-order valence-electron chi connectivity index (χ3n) is 5.63. The van der Waals surface area contributed by atoms with Crippen molar-refractivity contribution in [1.82, 2.24) is 9.55 Å². The fourth-order valence-corrected chi connectivity index (χ4v) is 4.96. The van der Waals surface area contributed by atoms with Gasteiger partial charge in [0.25, 0.3) is 5.56 Å². The van der Waals surface area contributed by atoms with Crippen LogP contribution < -0.4 is 15.8 Å². The minimum Gasteiger partial charge on any atom is -0.376 e. The van der Waals surface area contributed by atoms with Crippen molar-refractivity contribution in [3.8, 4) is 0 Å². The summed E-state index contributed by atoms with van der Waals surface area (Å²) < 4.78 is 7.35. The highest BCUT2D eigenvalue weighted by atomic mass is 32.2. The Kier molecular flexibility index (Phi) is 5.67. The number of fused-ring (bicyclic) bond motifs is 2. The average Bonchev–Trinajstić information content (AvgIpc) is 3.32. The van der Waals surface area contributed by atoms with E-state index in [2.05, 4.69) is 10.3 Å². The van der Waals surface area contributed by atoms with Crippen LogP contribution in [0.1, 0.15) is 12.8 Å². The number of amides is 2. The van der Waals surface area contributed by atoms with Crippen molar-refractivity contribution in [2.24, 2.45) is 0 Å². The second kappa shape index (κ2) is 8.76. The van der Waals surface area contributed by atoms with E-state index >= 15 is 0 Å². The maximum atomic E-state index is 13.2. The molecular formula is C23H22N4O4S. The molecule has 164 valence electrons. The van der Waals surface area contributed by atoms with Crippen molar-refractivity contribution in [3.63, 3.8) is 0 Å². The Bertz CT molecular complexity index is 1250. The maximum absolute atomic E-state index is 13.2. The van der Waals surface area contributed by atoms with Crippen molar-refractivity contribution >= 4 is 45.9 Å². The van der Waals surface area contributed by atoms with Crippen molar-refractivity contribution in [1.29, 1.82) is 0 Å². The van der Waals surface area contributed by atoms with Crippen LogP contribution in [-0.2, 0) is 20.9 Å². The van der Waals surface area contributed by atoms with Crippen LogP contribution >= 0.6 is 11.8 Å². The van der Waals surface area contributed by atoms with Crippen LogP contribution in [0.3, 0.4) is 0 Å². The minimum absolute atomic E-state index is 0.0374. The SMILES string of the molecule is O=C1CN(C(=O)CSc2nc3ccccc3c(=O)n2C[C@H]2CCCO2)c2ccccc2N1. The number of rotatable bonds is 5. The molecule has 1 saturated heterocycles. The van der Waals surface area contributed by atoms with E-state index in [1.807, 2.05) is 24.3 Å². The van der Waals surface area contributed by atoms with Gasteiger partial charge in [-0.1, -0.05) is 36.0 Å². The maximum Gasteiger partial charge on any atom is 0.262 e. The quantitative estimate of drug-likeness (QED) is 0.475. The third kappa shape index (κ3) is 4.01. The van der Waals surface area contributed by atoms with Gasteiger partial charge in [0, 0.05) is 6.61 Å². The summed E-state index contributed by atoms with van der Waals surface area (Å²) in [6, 6.07) is 14.4. The predicted molar refractivity (Wildman–Crippen MR) is 123 cm³/mol. The van der Waals surface area contributed by atoms with Crippen LogP contribution in [0.5, 0.6) is 0 Å². The van der Waals surface area contributed by atoms with Crippen LogP contribution in [0.25, 0.3) is 10.9 Å². The molecule has 0 radical (unpaired) electrons. The number of nitrogens with zero attached hydrogens (tertiary/aromatic N) is 3. The zero-order chi connectivity index (χ0) is 22.1. The van der Waals surface area contributed by atoms with Crippen molar-refractivity contribution in [2.75, 3.05) is 29.1 Å². The van der Waals surface area contributed by atoms with Gasteiger partial charge in [0.15, 0.2) is 5.16 Å². The first-order valence-electron chi connectivity index (χ1n) is 10.5. The Balaban J connectivity index is 1.43. The Hall–Kier alpha value is -3.17. The summed E-state index contributed by atoms with van der Waals surface area (Å²) in [5.41, 5.74) is 1.74. The van der Waals surface area contributed by atoms with Gasteiger partial charge in [-0.05, 0) is 37.1 Å². The molecule has 1 N–H and O–H groups in total. The number of aromatic nitrogens is 2. The van der Waals surface area contributed by atoms with Gasteiger partial charge in [-0.2, -0.15) is 0 Å². The van der Waals surface area contributed by atoms with Crippen molar-refractivity contribution in [2.45, 2.75) is 30.6 Å². The van der Waals surface area contributed by atoms with Crippen LogP contribution in [-0.4, -0.2) is 46.4 Å². The number of carbonyl (C=O) groups is 2. The van der Waals surface area contributed by atoms with Crippen LogP contribution in [0.2, 0.25) is 0 Å². The Morgan fingerprint density at radius 2 is 1.97 bits per heavy atom. The zero-order valence-corrected chi connectivity index (χ0v) is 18.1. The summed E-state index contributed by atoms with van der Waals surface area (Å²) in [6.07, 6.45) is 1.82. The van der Waals surface area contributed by atoms with Gasteiger partial charge in [0.05, 0.1) is 40.7 Å². The number of anilines is 2. The molecule has 5 rings (SSSR count). The molecule has 1 fully saturated rings. The molecule has 0 aliphatic carbocycles. The molecule has 32 heavy (non-hydrogen) atoms. The fraction of sp³-hybridized carbons (Fsp3) is 0.304. The average molecular weight is 451 g/mol. The first-order chi connectivity index (χ1) is 15.6. The van der Waals surface area contributed by atoms with E-state index in [-0.39, 0.29) is 35.8 Å². The smallest absolute Gasteiger partial charge is 0.262 e. The summed E-state index contributed by atoms with van der Waals surface area (Å²) in [6.45, 7) is 1.06. The molecule has 0 saturated carbocycles. The molecular weight excluding hydrogens is 428 g/mol. The number of para-hydroxylation sites is 3. The Morgan fingerprint density at radius 1 is 1.16 bits per heavy atom. The van der Waals surface area contributed by atoms with E-state index in [9.17, 15) is 14.4 Å². The summed E-state index contributed by atoms with van der Waals surface area (Å²) in [7, 11) is 0. The van der Waals surface area contributed by atoms with Gasteiger partial charge in [-0.25, -0.2) is 4.98 Å². The van der Waals surface area contributed by atoms with E-state index in [1.165, 1.54) is 16.7 Å². The number of nitrogens with one attached hydrogen (secondary N) is 1. The summed E-state index contributed by atoms with van der Waals surface area (Å²) in [4.78, 5) is 44.5. The molecule has 1 aromatic heterocycles. The highest BCUT2D eigenvalue weighted by Crippen LogP contribution is 2.30. The Morgan fingerprint density at radius 3 is 2.81 bits per heavy atom. The monoisotopic (exact) mass is 450 g/mol. The number of hydrogen-bond donors (Lipinski definition) is 1. The summed E-state index contributed by atoms with van der Waals surface area (Å²) in [5, 5.41) is 3.81. The van der Waals surface area contributed by atoms with Crippen LogP contribution in [0.15, 0.2) is 58.5 Å². The van der Waals surface area contributed by atoms with Gasteiger partial charge in [-0.3, -0.25) is 19.0 Å². The molecule has 3 heterocycles. The lowest BCUT2D eigenvalue weighted by molar-refractivity contribution is -0.120. The standard InChI is InChI=1S/C23H22N4O4S/c28-20-13-26(19-10-4-3-9-18(19)24-20)21(29)14-32-23-25-17-8-2-1-7-16(17)22(30)27(23)12-15-6-5-11-31-15/h1-4,7-10,15H,5-6,11-14H2,(H,24,28)/t15-/m1/s1. The molecule has 1 atom stereocenters. The molecule has 2 aliphatic heterocycles. The fourth-order valence-electron chi connectivity index (χ4n) is 4.07. The first kappa shape index (κ1) is 20.7. The predicted octanol–water partition coefficient (Wildman–Crippen LogP) is 2.65. The lowest BCUT2D eigenvalue weighted by atomic mass is 10.2. The number of carbonyl (C=O) groups excluding carboxylic acids is 2. The minimum atomic E-state index is -0.235. The second-order valence-corrected chi connectivity index (χ2v) is 8.74. The number of thioether (sulfide) groups is 1. The van der Waals surface area contributed by atoms with E-state index in [0.29, 0.717) is 40.6 Å². The highest BCUT2D eigenvalue weighted by Gasteiger charge is 2.27. The lowest BCUT2D eigenvalue weighted by Crippen LogP contribution is -2.43. The molecule has 8 nitrogen and oxygen atoms in total. The van der Waals surface area contributed by atoms with Gasteiger partial charge in [0.2, 0.25) is 11.8 Å². The first-order valence-corrected chi connectivity index (χ1v) is 11.5. The molecule has 0 spiro atoms. The van der Waals surface area contributed by atoms with Crippen molar-refractivity contribution in [3.05, 3.63) is 58.9 Å². The molecule has 2 amide bonds.